The molecular weight excluding hydrogens is 452 g/mol. The molecule has 0 heterocycles. The van der Waals surface area contributed by atoms with Crippen LogP contribution in [0.5, 0.6) is 5.75 Å². The predicted octanol–water partition coefficient (Wildman–Crippen LogP) is 0.908. The van der Waals surface area contributed by atoms with Gasteiger partial charge in [-0.3, -0.25) is 24.0 Å². The van der Waals surface area contributed by atoms with Crippen molar-refractivity contribution in [1.29, 1.82) is 0 Å². The van der Waals surface area contributed by atoms with Crippen molar-refractivity contribution in [2.75, 3.05) is 0 Å². The molecule has 1 amide bonds. The first-order valence-electron chi connectivity index (χ1n) is 12.3. The lowest BCUT2D eigenvalue weighted by molar-refractivity contribution is -0.175. The Morgan fingerprint density at radius 1 is 1.09 bits per heavy atom. The minimum Gasteiger partial charge on any atom is -0.507 e. The number of carbonyl (C=O) groups excluding carboxylic acids is 5. The number of nitrogens with two attached hydrogens (primary N) is 2. The van der Waals surface area contributed by atoms with Crippen LogP contribution in [0.3, 0.4) is 0 Å². The van der Waals surface area contributed by atoms with Crippen molar-refractivity contribution >= 4 is 29.0 Å². The summed E-state index contributed by atoms with van der Waals surface area (Å²) in [6, 6.07) is 1.82. The van der Waals surface area contributed by atoms with Crippen molar-refractivity contribution in [3.8, 4) is 5.75 Å². The second-order valence-corrected chi connectivity index (χ2v) is 10.2. The van der Waals surface area contributed by atoms with Crippen LogP contribution >= 0.6 is 0 Å². The zero-order valence-corrected chi connectivity index (χ0v) is 19.8. The number of rotatable bonds is 7. The van der Waals surface area contributed by atoms with Crippen molar-refractivity contribution in [3.05, 3.63) is 28.3 Å². The molecule has 0 radical (unpaired) electrons. The van der Waals surface area contributed by atoms with Gasteiger partial charge in [0.1, 0.15) is 5.75 Å². The molecule has 0 bridgehead atoms. The summed E-state index contributed by atoms with van der Waals surface area (Å²) in [7, 11) is 0. The summed E-state index contributed by atoms with van der Waals surface area (Å²) in [5.74, 6) is -9.95. The molecule has 0 aromatic heterocycles. The number of ketones is 4. The van der Waals surface area contributed by atoms with Crippen LogP contribution in [0, 0.1) is 23.7 Å². The molecule has 9 nitrogen and oxygen atoms in total. The maximum Gasteiger partial charge on any atom is 0.235 e. The van der Waals surface area contributed by atoms with Crippen molar-refractivity contribution in [3.63, 3.8) is 0 Å². The highest BCUT2D eigenvalue weighted by Gasteiger charge is 2.66. The molecule has 35 heavy (non-hydrogen) atoms. The molecule has 9 heteroatoms. The van der Waals surface area contributed by atoms with Crippen LogP contribution in [-0.4, -0.2) is 44.9 Å². The number of primary amides is 1. The number of phenols is 1. The molecule has 0 spiro atoms. The van der Waals surface area contributed by atoms with Gasteiger partial charge in [0.05, 0.1) is 11.5 Å². The summed E-state index contributed by atoms with van der Waals surface area (Å²) in [5, 5.41) is 22.1. The number of carbonyl (C=O) groups is 5. The SMILES string of the molecule is CCCCCCc1cc(CN)c(O)c2c1C[C@H]1C[C@H]3CC(=O)C(C(N)=O)C(=O)[C@@]3(O)C(=O)C1C2=O. The molecule has 1 aromatic carbocycles. The zero-order chi connectivity index (χ0) is 25.7. The van der Waals surface area contributed by atoms with Crippen LogP contribution in [0.4, 0.5) is 0 Å². The van der Waals surface area contributed by atoms with E-state index in [1.54, 1.807) is 0 Å². The van der Waals surface area contributed by atoms with Gasteiger partial charge in [0.2, 0.25) is 5.91 Å². The molecule has 2 saturated carbocycles. The van der Waals surface area contributed by atoms with Gasteiger partial charge in [-0.2, -0.15) is 0 Å². The molecule has 0 aliphatic heterocycles. The summed E-state index contributed by atoms with van der Waals surface area (Å²) in [6.07, 6.45) is 4.81. The highest BCUT2D eigenvalue weighted by molar-refractivity contribution is 6.31. The standard InChI is InChI=1S/C26H32N2O7/c1-2-3-4-5-6-12-7-14(11-27)21(30)19-16(12)9-13-8-15-10-17(29)20(25(28)34)24(33)26(15,35)23(32)18(13)22(19)31/h7,13,15,18,20,30,35H,2-6,8-11,27H2,1H3,(H2,28,34)/t13-,15+,18?,20?,26+/m1/s1. The Morgan fingerprint density at radius 2 is 1.80 bits per heavy atom. The van der Waals surface area contributed by atoms with E-state index >= 15 is 0 Å². The van der Waals surface area contributed by atoms with Crippen molar-refractivity contribution in [1.82, 2.24) is 0 Å². The van der Waals surface area contributed by atoms with Crippen molar-refractivity contribution in [2.24, 2.45) is 35.1 Å². The van der Waals surface area contributed by atoms with Crippen LogP contribution in [0.2, 0.25) is 0 Å². The van der Waals surface area contributed by atoms with E-state index in [4.69, 9.17) is 11.5 Å². The molecule has 5 atom stereocenters. The first kappa shape index (κ1) is 25.2. The van der Waals surface area contributed by atoms with Gasteiger partial charge < -0.3 is 21.7 Å². The fourth-order valence-corrected chi connectivity index (χ4v) is 6.29. The van der Waals surface area contributed by atoms with E-state index in [2.05, 4.69) is 6.92 Å². The summed E-state index contributed by atoms with van der Waals surface area (Å²) in [5.41, 5.74) is 10.4. The third-order valence-electron chi connectivity index (χ3n) is 8.09. The van der Waals surface area contributed by atoms with Gasteiger partial charge in [-0.15, -0.1) is 0 Å². The van der Waals surface area contributed by atoms with Gasteiger partial charge in [0, 0.05) is 24.4 Å². The number of hydrogen-bond donors (Lipinski definition) is 4. The summed E-state index contributed by atoms with van der Waals surface area (Å²) >= 11 is 0. The van der Waals surface area contributed by atoms with Crippen LogP contribution in [-0.2, 0) is 38.6 Å². The molecular formula is C26H32N2O7. The first-order chi connectivity index (χ1) is 16.6. The number of aromatic hydroxyl groups is 1. The molecule has 6 N–H and O–H groups in total. The lowest BCUT2D eigenvalue weighted by atomic mass is 9.53. The van der Waals surface area contributed by atoms with E-state index in [-0.39, 0.29) is 30.7 Å². The Morgan fingerprint density at radius 3 is 2.43 bits per heavy atom. The lowest BCUT2D eigenvalue weighted by Crippen LogP contribution is -2.68. The van der Waals surface area contributed by atoms with Crippen LogP contribution in [0.1, 0.15) is 72.5 Å². The third kappa shape index (κ3) is 3.81. The Labute approximate surface area is 203 Å². The summed E-state index contributed by atoms with van der Waals surface area (Å²) in [6.45, 7) is 2.12. The number of unbranched alkanes of at least 4 members (excludes halogenated alkanes) is 3. The average Bonchev–Trinajstić information content (AvgIpc) is 2.80. The number of aryl methyl sites for hydroxylation is 1. The Balaban J connectivity index is 1.76. The smallest absolute Gasteiger partial charge is 0.235 e. The number of benzene rings is 1. The average molecular weight is 485 g/mol. The normalized spacial score (nSPS) is 30.0. The monoisotopic (exact) mass is 484 g/mol. The van der Waals surface area contributed by atoms with E-state index < -0.39 is 58.3 Å². The fourth-order valence-electron chi connectivity index (χ4n) is 6.29. The summed E-state index contributed by atoms with van der Waals surface area (Å²) in [4.78, 5) is 64.4. The quantitative estimate of drug-likeness (QED) is 0.326. The molecule has 0 saturated heterocycles. The van der Waals surface area contributed by atoms with Gasteiger partial charge in [0.25, 0.3) is 0 Å². The molecule has 188 valence electrons. The van der Waals surface area contributed by atoms with Crippen LogP contribution < -0.4 is 11.5 Å². The number of phenolic OH excluding ortho intramolecular Hbond substituents is 1. The fraction of sp³-hybridized carbons (Fsp3) is 0.577. The number of Topliss-reactive ketones (excluding diaryl/α,β-unsaturated/α-hetero) is 4. The van der Waals surface area contributed by atoms with E-state index in [9.17, 15) is 34.2 Å². The number of fused-ring (bicyclic) bond motifs is 3. The minimum absolute atomic E-state index is 0.00327. The maximum absolute atomic E-state index is 13.7. The second-order valence-electron chi connectivity index (χ2n) is 10.2. The number of hydrogen-bond acceptors (Lipinski definition) is 8. The highest BCUT2D eigenvalue weighted by Crippen LogP contribution is 2.50. The Bertz CT molecular complexity index is 1130. The van der Waals surface area contributed by atoms with Gasteiger partial charge in [-0.05, 0) is 42.7 Å². The zero-order valence-electron chi connectivity index (χ0n) is 19.8. The topological polar surface area (TPSA) is 178 Å². The highest BCUT2D eigenvalue weighted by atomic mass is 16.3. The van der Waals surface area contributed by atoms with E-state index in [0.717, 1.165) is 31.2 Å². The molecule has 4 rings (SSSR count). The van der Waals surface area contributed by atoms with E-state index in [0.29, 0.717) is 24.0 Å². The Kier molecular flexibility index (Phi) is 6.68. The van der Waals surface area contributed by atoms with Crippen LogP contribution in [0.15, 0.2) is 6.07 Å². The minimum atomic E-state index is -2.63. The lowest BCUT2D eigenvalue weighted by Gasteiger charge is -2.48. The first-order valence-corrected chi connectivity index (χ1v) is 12.3. The molecule has 2 unspecified atom stereocenters. The number of aliphatic hydroxyl groups is 1. The van der Waals surface area contributed by atoms with Crippen molar-refractivity contribution in [2.45, 2.75) is 70.4 Å². The Hall–Kier alpha value is -2.91. The van der Waals surface area contributed by atoms with Gasteiger partial charge >= 0.3 is 0 Å². The maximum atomic E-state index is 13.7. The van der Waals surface area contributed by atoms with Gasteiger partial charge in [0.15, 0.2) is 34.7 Å². The van der Waals surface area contributed by atoms with E-state index in [1.807, 2.05) is 6.07 Å². The molecule has 3 aliphatic carbocycles. The molecule has 3 aliphatic rings. The predicted molar refractivity (Wildman–Crippen MR) is 124 cm³/mol. The number of amides is 1. The van der Waals surface area contributed by atoms with Gasteiger partial charge in [-0.1, -0.05) is 32.3 Å². The summed E-state index contributed by atoms with van der Waals surface area (Å²) < 4.78 is 0. The third-order valence-corrected chi connectivity index (χ3v) is 8.09. The van der Waals surface area contributed by atoms with E-state index in [1.165, 1.54) is 0 Å². The molecule has 1 aromatic rings. The van der Waals surface area contributed by atoms with Crippen molar-refractivity contribution < 1.29 is 34.2 Å². The van der Waals surface area contributed by atoms with Crippen LogP contribution in [0.25, 0.3) is 0 Å². The second kappa shape index (κ2) is 9.28. The van der Waals surface area contributed by atoms with Gasteiger partial charge in [-0.25, -0.2) is 0 Å². The largest absolute Gasteiger partial charge is 0.507 e. The molecule has 2 fully saturated rings.